The molecule has 0 bridgehead atoms. The Labute approximate surface area is 303 Å². The maximum atomic E-state index is 12.2. The van der Waals surface area contributed by atoms with Crippen LogP contribution in [0.5, 0.6) is 0 Å². The number of fused-ring (bicyclic) bond motifs is 1. The lowest BCUT2D eigenvalue weighted by molar-refractivity contribution is -0.139. The van der Waals surface area contributed by atoms with Crippen molar-refractivity contribution in [2.45, 2.75) is 63.9 Å². The minimum atomic E-state index is -1.21. The van der Waals surface area contributed by atoms with Gasteiger partial charge in [0.2, 0.25) is 11.9 Å². The van der Waals surface area contributed by atoms with Crippen molar-refractivity contribution in [1.82, 2.24) is 29.7 Å². The number of carboxylic acid groups (broad SMARTS) is 2. The summed E-state index contributed by atoms with van der Waals surface area (Å²) >= 11 is 0.847. The summed E-state index contributed by atoms with van der Waals surface area (Å²) in [4.78, 5) is 48.2. The zero-order chi connectivity index (χ0) is 36.8. The number of carboxylic acids is 2. The molecule has 16 heteroatoms. The van der Waals surface area contributed by atoms with Crippen LogP contribution in [0.3, 0.4) is 0 Å². The standard InChI is InChI=1S/C35H53N9O6S/c1-3-4-5-9-39-32-31-28(40-35(37)41-32)8-11-44(31)22-26-7-6-25(19-24(26)2)21-43-14-12-42(13-15-43)16-18-50-17-10-38-30(45)20-29(34(48)49)51-23-27(36)33(46)47/h6-8,11,19,27,29H,3-5,9-10,12-18,20-23,36H2,1-2H3,(H,38,45)(H,46,47)(H,48,49)(H3,37,39,40,41)/t27-,29?/m0/s1. The number of nitrogens with zero attached hydrogens (tertiary/aromatic N) is 5. The van der Waals surface area contributed by atoms with E-state index in [-0.39, 0.29) is 24.7 Å². The summed E-state index contributed by atoms with van der Waals surface area (Å²) in [5.74, 6) is -1.86. The molecule has 0 radical (unpaired) electrons. The van der Waals surface area contributed by atoms with Gasteiger partial charge in [-0.05, 0) is 36.1 Å². The molecule has 8 N–H and O–H groups in total. The molecule has 1 aromatic carbocycles. The van der Waals surface area contributed by atoms with Gasteiger partial charge in [-0.3, -0.25) is 24.2 Å². The molecule has 3 aromatic rings. The van der Waals surface area contributed by atoms with Crippen LogP contribution in [0.4, 0.5) is 11.8 Å². The summed E-state index contributed by atoms with van der Waals surface area (Å²) in [6.45, 7) is 12.5. The van der Waals surface area contributed by atoms with Crippen LogP contribution in [0.25, 0.3) is 11.0 Å². The Morgan fingerprint density at radius 1 is 1.00 bits per heavy atom. The molecule has 280 valence electrons. The van der Waals surface area contributed by atoms with Crippen molar-refractivity contribution in [1.29, 1.82) is 0 Å². The van der Waals surface area contributed by atoms with Gasteiger partial charge in [-0.15, -0.1) is 11.8 Å². The lowest BCUT2D eigenvalue weighted by Gasteiger charge is -2.34. The Hall–Kier alpha value is -3.96. The first-order valence-corrected chi connectivity index (χ1v) is 18.7. The first-order chi connectivity index (χ1) is 24.5. The number of carbonyl (C=O) groups is 3. The van der Waals surface area contributed by atoms with Gasteiger partial charge < -0.3 is 41.6 Å². The van der Waals surface area contributed by atoms with Crippen molar-refractivity contribution in [3.63, 3.8) is 0 Å². The molecule has 1 saturated heterocycles. The van der Waals surface area contributed by atoms with E-state index in [0.717, 1.165) is 100 Å². The molecule has 2 aromatic heterocycles. The SMILES string of the molecule is CCCCCNc1nc(N)nc2ccn(Cc3ccc(CN4CCN(CCOCCNC(=O)CC(SC[C@H](N)C(=O)O)C(=O)O)CC4)cc3C)c12. The number of unbranched alkanes of at least 4 members (excludes halogenated alkanes) is 2. The van der Waals surface area contributed by atoms with Gasteiger partial charge in [0.1, 0.15) is 16.8 Å². The largest absolute Gasteiger partial charge is 0.480 e. The number of ether oxygens (including phenoxy) is 1. The van der Waals surface area contributed by atoms with Crippen LogP contribution in [-0.4, -0.2) is 128 Å². The highest BCUT2D eigenvalue weighted by molar-refractivity contribution is 8.00. The van der Waals surface area contributed by atoms with E-state index in [0.29, 0.717) is 13.2 Å². The van der Waals surface area contributed by atoms with E-state index < -0.39 is 29.1 Å². The van der Waals surface area contributed by atoms with Crippen LogP contribution in [0.2, 0.25) is 0 Å². The van der Waals surface area contributed by atoms with Gasteiger partial charge in [0.15, 0.2) is 5.82 Å². The topological polar surface area (TPSA) is 214 Å². The quantitative estimate of drug-likeness (QED) is 0.0820. The molecule has 1 aliphatic heterocycles. The van der Waals surface area contributed by atoms with E-state index in [2.05, 4.69) is 73.2 Å². The highest BCUT2D eigenvalue weighted by atomic mass is 32.2. The summed E-state index contributed by atoms with van der Waals surface area (Å²) in [5.41, 5.74) is 17.0. The first kappa shape index (κ1) is 39.8. The number of thioether (sulfide) groups is 1. The van der Waals surface area contributed by atoms with Crippen LogP contribution < -0.4 is 22.1 Å². The van der Waals surface area contributed by atoms with Gasteiger partial charge in [-0.2, -0.15) is 4.98 Å². The van der Waals surface area contributed by atoms with Crippen molar-refractivity contribution in [2.24, 2.45) is 5.73 Å². The van der Waals surface area contributed by atoms with E-state index >= 15 is 0 Å². The summed E-state index contributed by atoms with van der Waals surface area (Å²) in [5, 5.41) is 23.3. The third kappa shape index (κ3) is 12.6. The summed E-state index contributed by atoms with van der Waals surface area (Å²) < 4.78 is 7.89. The number of aromatic nitrogens is 3. The molecule has 2 atom stereocenters. The van der Waals surface area contributed by atoms with E-state index in [1.165, 1.54) is 16.7 Å². The molecule has 3 heterocycles. The Kier molecular flexibility index (Phi) is 15.8. The molecule has 1 fully saturated rings. The zero-order valence-electron chi connectivity index (χ0n) is 29.7. The van der Waals surface area contributed by atoms with Crippen LogP contribution in [0.15, 0.2) is 30.5 Å². The Morgan fingerprint density at radius 3 is 2.47 bits per heavy atom. The van der Waals surface area contributed by atoms with Gasteiger partial charge in [0, 0.05) is 77.3 Å². The van der Waals surface area contributed by atoms with E-state index in [1.54, 1.807) is 0 Å². The van der Waals surface area contributed by atoms with Gasteiger partial charge in [-0.1, -0.05) is 38.0 Å². The number of anilines is 2. The van der Waals surface area contributed by atoms with Crippen molar-refractivity contribution in [3.8, 4) is 0 Å². The number of benzene rings is 1. The number of piperazine rings is 1. The molecule has 15 nitrogen and oxygen atoms in total. The van der Waals surface area contributed by atoms with Crippen LogP contribution in [0, 0.1) is 6.92 Å². The van der Waals surface area contributed by atoms with Crippen LogP contribution in [0.1, 0.15) is 49.3 Å². The second-order valence-electron chi connectivity index (χ2n) is 12.9. The molecule has 1 amide bonds. The zero-order valence-corrected chi connectivity index (χ0v) is 30.5. The molecule has 1 unspecified atom stereocenters. The summed E-state index contributed by atoms with van der Waals surface area (Å²) in [7, 11) is 0. The van der Waals surface area contributed by atoms with E-state index in [4.69, 9.17) is 21.3 Å². The number of nitrogens with two attached hydrogens (primary N) is 2. The van der Waals surface area contributed by atoms with Crippen molar-refractivity contribution < 1.29 is 29.3 Å². The molecule has 1 aliphatic rings. The average molecular weight is 728 g/mol. The second-order valence-corrected chi connectivity index (χ2v) is 14.1. The lowest BCUT2D eigenvalue weighted by atomic mass is 10.0. The Balaban J connectivity index is 1.14. The predicted molar refractivity (Wildman–Crippen MR) is 200 cm³/mol. The van der Waals surface area contributed by atoms with Gasteiger partial charge in [0.25, 0.3) is 0 Å². The van der Waals surface area contributed by atoms with Crippen LogP contribution >= 0.6 is 11.8 Å². The van der Waals surface area contributed by atoms with Crippen molar-refractivity contribution >= 4 is 52.4 Å². The first-order valence-electron chi connectivity index (χ1n) is 17.6. The fraction of sp³-hybridized carbons (Fsp3) is 0.571. The molecule has 0 spiro atoms. The highest BCUT2D eigenvalue weighted by Gasteiger charge is 2.24. The number of aliphatic carboxylic acids is 2. The minimum absolute atomic E-state index is 0.0940. The average Bonchev–Trinajstić information content (AvgIpc) is 3.50. The van der Waals surface area contributed by atoms with Crippen molar-refractivity contribution in [2.75, 3.05) is 75.8 Å². The fourth-order valence-corrected chi connectivity index (χ4v) is 6.91. The second kappa shape index (κ2) is 20.2. The molecule has 0 saturated carbocycles. The number of rotatable bonds is 22. The summed E-state index contributed by atoms with van der Waals surface area (Å²) in [6.07, 6.45) is 5.19. The number of hydrogen-bond acceptors (Lipinski definition) is 12. The fourth-order valence-electron chi connectivity index (χ4n) is 5.92. The molecular formula is C35H53N9O6S. The molecular weight excluding hydrogens is 675 g/mol. The lowest BCUT2D eigenvalue weighted by Crippen LogP contribution is -2.46. The molecule has 4 rings (SSSR count). The maximum Gasteiger partial charge on any atom is 0.321 e. The highest BCUT2D eigenvalue weighted by Crippen LogP contribution is 2.25. The number of carbonyl (C=O) groups excluding carboxylic acids is 1. The normalized spacial score (nSPS) is 15.1. The predicted octanol–water partition coefficient (Wildman–Crippen LogP) is 2.21. The molecule has 51 heavy (non-hydrogen) atoms. The van der Waals surface area contributed by atoms with E-state index in [1.807, 2.05) is 6.07 Å². The number of aryl methyl sites for hydroxylation is 1. The number of nitrogen functional groups attached to an aromatic ring is 1. The third-order valence-electron chi connectivity index (χ3n) is 8.88. The van der Waals surface area contributed by atoms with Gasteiger partial charge in [-0.25, -0.2) is 4.98 Å². The minimum Gasteiger partial charge on any atom is -0.480 e. The van der Waals surface area contributed by atoms with Crippen molar-refractivity contribution in [3.05, 3.63) is 47.2 Å². The monoisotopic (exact) mass is 727 g/mol. The maximum absolute atomic E-state index is 12.2. The number of nitrogens with one attached hydrogen (secondary N) is 2. The Bertz CT molecular complexity index is 1600. The Morgan fingerprint density at radius 2 is 1.76 bits per heavy atom. The smallest absolute Gasteiger partial charge is 0.321 e. The van der Waals surface area contributed by atoms with Crippen LogP contribution in [-0.2, 0) is 32.2 Å². The van der Waals surface area contributed by atoms with Gasteiger partial charge >= 0.3 is 11.9 Å². The summed E-state index contributed by atoms with van der Waals surface area (Å²) in [6, 6.07) is 7.54. The number of amides is 1. The third-order valence-corrected chi connectivity index (χ3v) is 10.2. The van der Waals surface area contributed by atoms with E-state index in [9.17, 15) is 19.5 Å². The van der Waals surface area contributed by atoms with Gasteiger partial charge in [0.05, 0.1) is 18.7 Å². The molecule has 0 aliphatic carbocycles. The number of hydrogen-bond donors (Lipinski definition) is 6.